The van der Waals surface area contributed by atoms with Gasteiger partial charge in [0, 0.05) is 24.7 Å². The molecule has 8 heteroatoms. The molecule has 1 aliphatic heterocycles. The van der Waals surface area contributed by atoms with E-state index in [-0.39, 0.29) is 11.5 Å². The minimum atomic E-state index is 0.110. The maximum Gasteiger partial charge on any atom is 0.154 e. The van der Waals surface area contributed by atoms with E-state index >= 15 is 0 Å². The summed E-state index contributed by atoms with van der Waals surface area (Å²) >= 11 is 12.3. The largest absolute Gasteiger partial charge is 0.382 e. The molecule has 1 saturated heterocycles. The van der Waals surface area contributed by atoms with Crippen LogP contribution in [0.3, 0.4) is 0 Å². The number of nitrogens with two attached hydrogens (primary N) is 2. The van der Waals surface area contributed by atoms with Crippen LogP contribution in [-0.2, 0) is 0 Å². The van der Waals surface area contributed by atoms with Crippen molar-refractivity contribution in [2.75, 3.05) is 23.7 Å². The van der Waals surface area contributed by atoms with E-state index in [0.717, 1.165) is 38.2 Å². The van der Waals surface area contributed by atoms with Crippen LogP contribution in [0.5, 0.6) is 0 Å². The van der Waals surface area contributed by atoms with E-state index in [1.165, 1.54) is 12.8 Å². The van der Waals surface area contributed by atoms with Crippen molar-refractivity contribution in [1.82, 2.24) is 9.97 Å². The van der Waals surface area contributed by atoms with E-state index in [0.29, 0.717) is 32.8 Å². The Hall–Kier alpha value is -1.89. The summed E-state index contributed by atoms with van der Waals surface area (Å²) in [4.78, 5) is 11.2. The average molecular weight is 419 g/mol. The molecule has 1 saturated carbocycles. The number of nitrogens with one attached hydrogen (secondary N) is 1. The van der Waals surface area contributed by atoms with Crippen molar-refractivity contribution in [3.63, 3.8) is 0 Å². The van der Waals surface area contributed by atoms with Gasteiger partial charge in [-0.2, -0.15) is 0 Å². The minimum Gasteiger partial charge on any atom is -0.382 e. The zero-order valence-corrected chi connectivity index (χ0v) is 17.1. The Balaban J connectivity index is 1.52. The van der Waals surface area contributed by atoms with Crippen LogP contribution in [0.4, 0.5) is 11.6 Å². The molecule has 1 aromatic heterocycles. The Kier molecular flexibility index (Phi) is 5.21. The number of nitrogen functional groups attached to an aromatic ring is 1. The molecule has 0 bridgehead atoms. The molecule has 28 heavy (non-hydrogen) atoms. The molecule has 2 heterocycles. The average Bonchev–Trinajstić information content (AvgIpc) is 3.04. The molecule has 5 N–H and O–H groups in total. The van der Waals surface area contributed by atoms with Crippen molar-refractivity contribution >= 4 is 40.5 Å². The second-order valence-corrected chi connectivity index (χ2v) is 8.57. The standard InChI is InChI=1S/C20H24Cl2N6/c21-13-4-1-3-12(16(13)22)17(24)18-19(25)27-15(11-26-18)28-9-7-20(8-10-28)6-2-5-14(20)23/h1,3-4,11,14,24H,2,5-10,23H2,(H2,25,27)/t14-/m1/s1. The monoisotopic (exact) mass is 418 g/mol. The summed E-state index contributed by atoms with van der Waals surface area (Å²) in [6, 6.07) is 5.46. The minimum absolute atomic E-state index is 0.110. The highest BCUT2D eigenvalue weighted by atomic mass is 35.5. The molecule has 1 aliphatic carbocycles. The van der Waals surface area contributed by atoms with Gasteiger partial charge in [0.15, 0.2) is 5.82 Å². The lowest BCUT2D eigenvalue weighted by Gasteiger charge is -2.42. The predicted octanol–water partition coefficient (Wildman–Crippen LogP) is 3.88. The number of aromatic nitrogens is 2. The van der Waals surface area contributed by atoms with E-state index in [1.807, 2.05) is 0 Å². The van der Waals surface area contributed by atoms with Crippen LogP contribution in [0.15, 0.2) is 24.4 Å². The van der Waals surface area contributed by atoms with Crippen LogP contribution in [0.25, 0.3) is 0 Å². The summed E-state index contributed by atoms with van der Waals surface area (Å²) in [5.74, 6) is 0.962. The highest BCUT2D eigenvalue weighted by Crippen LogP contribution is 2.45. The molecular formula is C20H24Cl2N6. The summed E-state index contributed by atoms with van der Waals surface area (Å²) in [5.41, 5.74) is 13.7. The van der Waals surface area contributed by atoms with Gasteiger partial charge in [0.1, 0.15) is 11.5 Å². The Morgan fingerprint density at radius 2 is 1.96 bits per heavy atom. The quantitative estimate of drug-likeness (QED) is 0.655. The summed E-state index contributed by atoms with van der Waals surface area (Å²) in [7, 11) is 0. The lowest BCUT2D eigenvalue weighted by atomic mass is 9.74. The van der Waals surface area contributed by atoms with Gasteiger partial charge in [-0.05, 0) is 37.2 Å². The fourth-order valence-electron chi connectivity index (χ4n) is 4.53. The van der Waals surface area contributed by atoms with E-state index < -0.39 is 0 Å². The van der Waals surface area contributed by atoms with Crippen LogP contribution in [0, 0.1) is 10.8 Å². The molecule has 2 aliphatic rings. The summed E-state index contributed by atoms with van der Waals surface area (Å²) in [6.07, 6.45) is 7.43. The molecule has 1 atom stereocenters. The molecule has 148 valence electrons. The number of piperidine rings is 1. The summed E-state index contributed by atoms with van der Waals surface area (Å²) < 4.78 is 0. The maximum atomic E-state index is 8.44. The molecule has 1 aromatic carbocycles. The number of benzene rings is 1. The number of hydrogen-bond donors (Lipinski definition) is 3. The molecule has 0 amide bonds. The number of nitrogens with zero attached hydrogens (tertiary/aromatic N) is 3. The van der Waals surface area contributed by atoms with Crippen molar-refractivity contribution in [2.45, 2.75) is 38.1 Å². The highest BCUT2D eigenvalue weighted by molar-refractivity contribution is 6.44. The van der Waals surface area contributed by atoms with E-state index in [4.69, 9.17) is 40.1 Å². The zero-order chi connectivity index (χ0) is 19.9. The van der Waals surface area contributed by atoms with Crippen LogP contribution in [-0.4, -0.2) is 34.8 Å². The predicted molar refractivity (Wildman–Crippen MR) is 115 cm³/mol. The molecule has 6 nitrogen and oxygen atoms in total. The zero-order valence-electron chi connectivity index (χ0n) is 15.6. The molecule has 0 radical (unpaired) electrons. The first-order chi connectivity index (χ1) is 13.4. The van der Waals surface area contributed by atoms with Gasteiger partial charge in [-0.15, -0.1) is 0 Å². The van der Waals surface area contributed by atoms with Gasteiger partial charge in [0.05, 0.1) is 22.0 Å². The highest BCUT2D eigenvalue weighted by Gasteiger charge is 2.43. The van der Waals surface area contributed by atoms with Crippen molar-refractivity contribution < 1.29 is 0 Å². The molecule has 2 aromatic rings. The smallest absolute Gasteiger partial charge is 0.154 e. The van der Waals surface area contributed by atoms with Crippen LogP contribution >= 0.6 is 23.2 Å². The third-order valence-electron chi connectivity index (χ3n) is 6.30. The van der Waals surface area contributed by atoms with Gasteiger partial charge in [-0.3, -0.25) is 5.41 Å². The lowest BCUT2D eigenvalue weighted by molar-refractivity contribution is 0.197. The number of anilines is 2. The van der Waals surface area contributed by atoms with Gasteiger partial charge in [0.2, 0.25) is 0 Å². The molecular weight excluding hydrogens is 395 g/mol. The SMILES string of the molecule is N=C(c1cccc(Cl)c1Cl)c1ncc(N2CCC3(CCC[C@H]3N)CC2)nc1N. The number of rotatable bonds is 3. The van der Waals surface area contributed by atoms with Crippen LogP contribution < -0.4 is 16.4 Å². The van der Waals surface area contributed by atoms with Crippen molar-refractivity contribution in [2.24, 2.45) is 11.1 Å². The third kappa shape index (κ3) is 3.34. The van der Waals surface area contributed by atoms with E-state index in [2.05, 4.69) is 14.9 Å². The molecule has 1 spiro atoms. The van der Waals surface area contributed by atoms with Gasteiger partial charge in [0.25, 0.3) is 0 Å². The Bertz CT molecular complexity index is 908. The first kappa shape index (κ1) is 19.4. The summed E-state index contributed by atoms with van der Waals surface area (Å²) in [5, 5.41) is 9.14. The second-order valence-electron chi connectivity index (χ2n) is 7.79. The van der Waals surface area contributed by atoms with Crippen molar-refractivity contribution in [3.05, 3.63) is 45.7 Å². The first-order valence-corrected chi connectivity index (χ1v) is 10.3. The molecule has 2 fully saturated rings. The summed E-state index contributed by atoms with van der Waals surface area (Å²) in [6.45, 7) is 1.80. The molecule has 4 rings (SSSR count). The fraction of sp³-hybridized carbons (Fsp3) is 0.450. The van der Waals surface area contributed by atoms with Crippen LogP contribution in [0.2, 0.25) is 10.0 Å². The second kappa shape index (κ2) is 7.50. The van der Waals surface area contributed by atoms with Gasteiger partial charge < -0.3 is 16.4 Å². The Labute approximate surface area is 174 Å². The van der Waals surface area contributed by atoms with E-state index in [1.54, 1.807) is 24.4 Å². The normalized spacial score (nSPS) is 21.2. The number of hydrogen-bond acceptors (Lipinski definition) is 6. The Morgan fingerprint density at radius 3 is 2.61 bits per heavy atom. The van der Waals surface area contributed by atoms with E-state index in [9.17, 15) is 0 Å². The fourth-order valence-corrected chi connectivity index (χ4v) is 4.93. The van der Waals surface area contributed by atoms with Gasteiger partial charge in [-0.25, -0.2) is 9.97 Å². The Morgan fingerprint density at radius 1 is 1.21 bits per heavy atom. The first-order valence-electron chi connectivity index (χ1n) is 9.58. The molecule has 0 unspecified atom stereocenters. The maximum absolute atomic E-state index is 8.44. The van der Waals surface area contributed by atoms with Crippen molar-refractivity contribution in [3.8, 4) is 0 Å². The van der Waals surface area contributed by atoms with Crippen molar-refractivity contribution in [1.29, 1.82) is 5.41 Å². The third-order valence-corrected chi connectivity index (χ3v) is 7.12. The lowest BCUT2D eigenvalue weighted by Crippen LogP contribution is -2.47. The number of halogens is 2. The van der Waals surface area contributed by atoms with Crippen LogP contribution in [0.1, 0.15) is 43.4 Å². The van der Waals surface area contributed by atoms with Gasteiger partial charge >= 0.3 is 0 Å². The topological polar surface area (TPSA) is 105 Å². The van der Waals surface area contributed by atoms with Gasteiger partial charge in [-0.1, -0.05) is 41.8 Å².